The monoisotopic (exact) mass is 1960 g/mol. The molecular weight excluding hydrogens is 1860 g/mol. The molecule has 750 valence electrons. The summed E-state index contributed by atoms with van der Waals surface area (Å²) in [6.45, 7) is 21.4. The van der Waals surface area contributed by atoms with E-state index in [9.17, 15) is 81.8 Å². The Morgan fingerprint density at radius 3 is 0.950 bits per heavy atom. The molecule has 0 radical (unpaired) electrons. The number of para-hydroxylation sites is 1. The van der Waals surface area contributed by atoms with Crippen LogP contribution in [0.2, 0.25) is 0 Å². The zero-order valence-corrected chi connectivity index (χ0v) is 77.4. The van der Waals surface area contributed by atoms with Crippen molar-refractivity contribution in [1.29, 1.82) is 0 Å². The predicted octanol–water partition coefficient (Wildman–Crippen LogP) is 11.1. The number of hydrogen-bond donors (Lipinski definition) is 8. The Morgan fingerprint density at radius 2 is 0.655 bits per heavy atom. The Hall–Kier alpha value is -15.1. The average molecular weight is 1960 g/mol. The summed E-state index contributed by atoms with van der Waals surface area (Å²) in [5.41, 5.74) is 4.07. The molecule has 9 aromatic heterocycles. The number of nitrogens with one attached hydrogen (secondary N) is 3. The van der Waals surface area contributed by atoms with E-state index in [4.69, 9.17) is 64.5 Å². The Bertz CT molecular complexity index is 6220. The van der Waals surface area contributed by atoms with Gasteiger partial charge in [0, 0.05) is 112 Å². The predicted molar refractivity (Wildman–Crippen MR) is 492 cm³/mol. The third kappa shape index (κ3) is 29.5. The van der Waals surface area contributed by atoms with Crippen LogP contribution in [0.25, 0.3) is 44.7 Å². The third-order valence-electron chi connectivity index (χ3n) is 21.4. The fourth-order valence-corrected chi connectivity index (χ4v) is 14.6. The van der Waals surface area contributed by atoms with Gasteiger partial charge >= 0.3 is 54.6 Å². The molecule has 0 spiro atoms. The smallest absolute Gasteiger partial charge is 0.481 e. The van der Waals surface area contributed by atoms with E-state index in [-0.39, 0.29) is 28.3 Å². The highest BCUT2D eigenvalue weighted by Crippen LogP contribution is 2.32. The molecular formula is C88H105F12N25O14. The second kappa shape index (κ2) is 49.6. The number of aromatic nitrogens is 17. The van der Waals surface area contributed by atoms with E-state index in [1.54, 1.807) is 66.6 Å². The first-order valence-corrected chi connectivity index (χ1v) is 43.6. The molecule has 1 unspecified atom stereocenters. The van der Waals surface area contributed by atoms with Crippen LogP contribution >= 0.6 is 0 Å². The molecule has 10 aromatic rings. The van der Waals surface area contributed by atoms with Crippen LogP contribution in [-0.4, -0.2) is 233 Å². The Kier molecular flexibility index (Phi) is 39.0. The van der Waals surface area contributed by atoms with Crippen molar-refractivity contribution in [2.75, 3.05) is 106 Å². The Labute approximate surface area is 785 Å². The van der Waals surface area contributed by atoms with Gasteiger partial charge in [-0.05, 0) is 156 Å². The van der Waals surface area contributed by atoms with Crippen LogP contribution in [0.5, 0.6) is 0 Å². The maximum atomic E-state index is 13.3. The number of halogens is 12. The number of rotatable bonds is 16. The van der Waals surface area contributed by atoms with Crippen LogP contribution in [0.1, 0.15) is 131 Å². The highest BCUT2D eigenvalue weighted by molar-refractivity contribution is 5.81. The van der Waals surface area contributed by atoms with Crippen molar-refractivity contribution in [1.82, 2.24) is 81.4 Å². The average Bonchev–Trinajstić information content (AvgIpc) is 1.62. The molecule has 0 saturated carbocycles. The summed E-state index contributed by atoms with van der Waals surface area (Å²) in [6.07, 6.45) is -3.33. The zero-order valence-electron chi connectivity index (χ0n) is 77.4. The summed E-state index contributed by atoms with van der Waals surface area (Å²) in [5, 5.41) is 47.5. The summed E-state index contributed by atoms with van der Waals surface area (Å²) < 4.78 is 141. The molecule has 39 nitrogen and oxygen atoms in total. The number of carboxylic acid groups (broad SMARTS) is 5. The van der Waals surface area contributed by atoms with Crippen LogP contribution in [0, 0.1) is 53.3 Å². The summed E-state index contributed by atoms with van der Waals surface area (Å²) in [6, 6.07) is 15.4. The number of carboxylic acids is 5. The van der Waals surface area contributed by atoms with Crippen molar-refractivity contribution < 1.29 is 102 Å². The molecule has 1 atom stereocenters. The van der Waals surface area contributed by atoms with Gasteiger partial charge in [0.1, 0.15) is 5.82 Å². The van der Waals surface area contributed by atoms with Crippen LogP contribution in [0.3, 0.4) is 0 Å². The molecule has 1 aromatic carbocycles. The van der Waals surface area contributed by atoms with Gasteiger partial charge in [-0.25, -0.2) is 24.2 Å². The normalized spacial score (nSPS) is 14.8. The van der Waals surface area contributed by atoms with Gasteiger partial charge in [0.2, 0.25) is 47.6 Å². The standard InChI is InChI=1S/C21H28N6O3.C21H24N6O.C20H23N7O.C18H26N6O.4C2HF3O2/c1-3-4-13-27-16-17(23-21(27)25-10-6-5-7-11-25)22-20(24(2)18(16)28)26-12-8-9-15(14-26)19(29)30;1-3-4-15-27-17-18(24-21(27)26-13-9-6-10-14-26)23-20(25(2)19(17)28)22-16-11-7-5-8-12-16;1-3-4-14-27-16-17(24-20(27)26-12-8-5-9-13-26)23-19(25(2)18(16)28)22-15-10-6-7-11-21-15;1-5-6-12-24-14-15(21-18(24)23-10-8-7-9-11-23)20-17(19-13(2)3)22(4)16(14)25;4*3-2(4,5)1(6)7/h15H,5-14H2,1-2H3,(H,29,30);5,7-8,11-12H,6,9-10,13-15H2,1-2H3,(H,22,23);6-7,10-11H,5,8-9,12-14H2,1-2H3,(H,21,22,23);13H,7-12H2,1-4H3,(H,19,20);4*(H,6,7). The molecule has 5 fully saturated rings. The van der Waals surface area contributed by atoms with E-state index in [0.717, 1.165) is 140 Å². The fraction of sp³-hybridized carbons (Fsp3) is 0.500. The molecule has 5 saturated heterocycles. The number of hydrogen-bond acceptors (Lipinski definition) is 26. The first kappa shape index (κ1) is 109. The number of benzene rings is 1. The number of anilines is 10. The highest BCUT2D eigenvalue weighted by atomic mass is 19.4. The lowest BCUT2D eigenvalue weighted by atomic mass is 9.99. The van der Waals surface area contributed by atoms with Gasteiger partial charge in [-0.2, -0.15) is 92.6 Å². The third-order valence-corrected chi connectivity index (χ3v) is 21.4. The number of pyridine rings is 1. The molecule has 15 rings (SSSR count). The number of nitrogens with zero attached hydrogens (tertiary/aromatic N) is 22. The lowest BCUT2D eigenvalue weighted by Gasteiger charge is -2.32. The van der Waals surface area contributed by atoms with Gasteiger partial charge in [-0.1, -0.05) is 47.9 Å². The lowest BCUT2D eigenvalue weighted by Crippen LogP contribution is -2.42. The molecule has 0 bridgehead atoms. The van der Waals surface area contributed by atoms with Crippen LogP contribution in [0.15, 0.2) is 73.9 Å². The van der Waals surface area contributed by atoms with Gasteiger partial charge in [-0.15, -0.1) is 23.7 Å². The van der Waals surface area contributed by atoms with Crippen LogP contribution < -0.4 is 62.7 Å². The maximum absolute atomic E-state index is 13.3. The molecule has 8 N–H and O–H groups in total. The summed E-state index contributed by atoms with van der Waals surface area (Å²) in [5.74, 6) is 17.3. The minimum Gasteiger partial charge on any atom is -0.481 e. The van der Waals surface area contributed by atoms with Gasteiger partial charge in [0.15, 0.2) is 44.7 Å². The molecule has 5 aliphatic rings. The molecule has 51 heteroatoms. The second-order valence-corrected chi connectivity index (χ2v) is 31.7. The lowest BCUT2D eigenvalue weighted by molar-refractivity contribution is -0.193. The van der Waals surface area contributed by atoms with Gasteiger partial charge < -0.3 is 66.0 Å². The fourth-order valence-electron chi connectivity index (χ4n) is 14.6. The molecule has 5 aliphatic heterocycles. The quantitative estimate of drug-likeness (QED) is 0.0329. The SMILES string of the molecule is CC#CCn1c(N2CCCCC2)nc2nc(N3CCCC(C(=O)O)C3)n(C)c(=O)c21.CC#CCn1c(N2CCCCC2)nc2nc(NC(C)C)n(C)c(=O)c21.CC#CCn1c(N2CCCCC2)nc2nc(Nc3ccccc3)n(C)c(=O)c21.CC#CCn1c(N2CCCCC2)nc2nc(Nc3ccccn3)n(C)c(=O)c21.O=C(O)C(F)(F)F.O=C(O)C(F)(F)F.O=C(O)C(F)(F)F.O=C(O)C(F)(F)F. The van der Waals surface area contributed by atoms with E-state index < -0.39 is 60.5 Å². The minimum absolute atomic E-state index is 0.0955. The van der Waals surface area contributed by atoms with Crippen LogP contribution in [0.4, 0.5) is 112 Å². The Balaban J connectivity index is 0.000000208. The van der Waals surface area contributed by atoms with Crippen molar-refractivity contribution in [3.63, 3.8) is 0 Å². The number of piperidine rings is 5. The first-order valence-electron chi connectivity index (χ1n) is 43.6. The molecule has 14 heterocycles. The van der Waals surface area contributed by atoms with Gasteiger partial charge in [0.25, 0.3) is 22.2 Å². The van der Waals surface area contributed by atoms with Gasteiger partial charge in [0.05, 0.1) is 32.1 Å². The Morgan fingerprint density at radius 1 is 0.374 bits per heavy atom. The van der Waals surface area contributed by atoms with Crippen molar-refractivity contribution in [2.24, 2.45) is 34.1 Å². The number of fused-ring (bicyclic) bond motifs is 4. The van der Waals surface area contributed by atoms with Gasteiger partial charge in [-0.3, -0.25) is 60.5 Å². The van der Waals surface area contributed by atoms with Crippen molar-refractivity contribution >= 4 is 134 Å². The number of carbonyl (C=O) groups is 5. The zero-order chi connectivity index (χ0) is 103. The van der Waals surface area contributed by atoms with E-state index in [2.05, 4.69) is 103 Å². The molecule has 0 amide bonds. The van der Waals surface area contributed by atoms with Crippen molar-refractivity contribution in [3.05, 3.63) is 96.1 Å². The molecule has 0 aliphatic carbocycles. The largest absolute Gasteiger partial charge is 0.490 e. The van der Waals surface area contributed by atoms with Crippen molar-refractivity contribution in [2.45, 2.75) is 188 Å². The summed E-state index contributed by atoms with van der Waals surface area (Å²) in [4.78, 5) is 152. The summed E-state index contributed by atoms with van der Waals surface area (Å²) in [7, 11) is 6.85. The topological polar surface area (TPSA) is 463 Å². The minimum atomic E-state index is -5.08. The van der Waals surface area contributed by atoms with E-state index >= 15 is 0 Å². The van der Waals surface area contributed by atoms with E-state index in [1.807, 2.05) is 85.5 Å². The van der Waals surface area contributed by atoms with E-state index in [1.165, 1.54) is 39.4 Å². The second-order valence-electron chi connectivity index (χ2n) is 31.7. The number of alkyl halides is 12. The van der Waals surface area contributed by atoms with Crippen LogP contribution in [-0.2, 0) is 78.3 Å². The highest BCUT2D eigenvalue weighted by Gasteiger charge is 2.41. The first-order chi connectivity index (χ1) is 65.7. The van der Waals surface area contributed by atoms with E-state index in [0.29, 0.717) is 120 Å². The molecule has 139 heavy (non-hydrogen) atoms. The number of imidazole rings is 4. The number of aliphatic carboxylic acids is 5. The maximum Gasteiger partial charge on any atom is 0.490 e. The summed E-state index contributed by atoms with van der Waals surface area (Å²) >= 11 is 0. The van der Waals surface area contributed by atoms with Crippen molar-refractivity contribution in [3.8, 4) is 47.4 Å².